The smallest absolute Gasteiger partial charge is 0.348 e. The van der Waals surface area contributed by atoms with Crippen molar-refractivity contribution in [2.45, 2.75) is 37.1 Å². The minimum atomic E-state index is -3.53. The zero-order chi connectivity index (χ0) is 16.0. The number of carbonyl (C=O) groups excluding carboxylic acids is 1. The molecule has 3 rings (SSSR count). The Morgan fingerprint density at radius 2 is 2.09 bits per heavy atom. The normalized spacial score (nSPS) is 16.6. The van der Waals surface area contributed by atoms with Gasteiger partial charge in [-0.25, -0.2) is 17.9 Å². The van der Waals surface area contributed by atoms with Crippen LogP contribution in [0.5, 0.6) is 0 Å². The molecule has 0 radical (unpaired) electrons. The molecule has 0 saturated heterocycles. The molecule has 0 amide bonds. The Morgan fingerprint density at radius 1 is 1.36 bits per heavy atom. The maximum Gasteiger partial charge on any atom is 0.348 e. The Labute approximate surface area is 133 Å². The molecule has 0 spiro atoms. The van der Waals surface area contributed by atoms with Crippen LogP contribution < -0.4 is 4.72 Å². The first-order chi connectivity index (χ1) is 10.3. The van der Waals surface area contributed by atoms with Crippen molar-refractivity contribution >= 4 is 37.4 Å². The van der Waals surface area contributed by atoms with Gasteiger partial charge in [0.15, 0.2) is 0 Å². The van der Waals surface area contributed by atoms with E-state index in [0.29, 0.717) is 11.5 Å². The van der Waals surface area contributed by atoms with Crippen molar-refractivity contribution in [2.75, 3.05) is 6.61 Å². The van der Waals surface area contributed by atoms with Gasteiger partial charge in [-0.05, 0) is 56.3 Å². The van der Waals surface area contributed by atoms with Crippen molar-refractivity contribution in [3.63, 3.8) is 0 Å². The summed E-state index contributed by atoms with van der Waals surface area (Å²) in [5.74, 6) is -0.378. The maximum absolute atomic E-state index is 12.4. The number of hydrogen-bond acceptors (Lipinski definition) is 5. The van der Waals surface area contributed by atoms with Gasteiger partial charge in [0.2, 0.25) is 10.0 Å². The Bertz CT molecular complexity index is 834. The number of nitrogens with one attached hydrogen (secondary N) is 1. The van der Waals surface area contributed by atoms with Crippen LogP contribution in [0.1, 0.15) is 36.4 Å². The molecule has 0 bridgehead atoms. The molecule has 1 aliphatic rings. The zero-order valence-corrected chi connectivity index (χ0v) is 14.0. The van der Waals surface area contributed by atoms with E-state index in [-0.39, 0.29) is 16.4 Å². The predicted molar refractivity (Wildman–Crippen MR) is 85.7 cm³/mol. The molecule has 5 nitrogen and oxygen atoms in total. The van der Waals surface area contributed by atoms with E-state index in [9.17, 15) is 13.2 Å². The van der Waals surface area contributed by atoms with Gasteiger partial charge in [0, 0.05) is 10.2 Å². The fourth-order valence-electron chi connectivity index (χ4n) is 2.16. The van der Waals surface area contributed by atoms with Crippen LogP contribution in [0.3, 0.4) is 0 Å². The summed E-state index contributed by atoms with van der Waals surface area (Å²) in [6.45, 7) is 3.96. The van der Waals surface area contributed by atoms with Gasteiger partial charge in [0.1, 0.15) is 4.88 Å². The molecule has 0 unspecified atom stereocenters. The third-order valence-corrected chi connectivity index (χ3v) is 6.39. The van der Waals surface area contributed by atoms with Gasteiger partial charge in [-0.2, -0.15) is 0 Å². The highest BCUT2D eigenvalue weighted by molar-refractivity contribution is 7.89. The predicted octanol–water partition coefficient (Wildman–Crippen LogP) is 2.91. The van der Waals surface area contributed by atoms with Crippen LogP contribution in [0.25, 0.3) is 10.1 Å². The van der Waals surface area contributed by atoms with E-state index in [1.807, 2.05) is 6.92 Å². The number of benzene rings is 1. The second kappa shape index (κ2) is 5.33. The van der Waals surface area contributed by atoms with Crippen LogP contribution in [0, 0.1) is 0 Å². The molecule has 1 saturated carbocycles. The van der Waals surface area contributed by atoms with E-state index in [1.54, 1.807) is 31.2 Å². The molecule has 1 N–H and O–H groups in total. The average molecular weight is 339 g/mol. The van der Waals surface area contributed by atoms with Crippen molar-refractivity contribution in [1.29, 1.82) is 0 Å². The Hall–Kier alpha value is -1.44. The molecule has 0 atom stereocenters. The Balaban J connectivity index is 1.94. The standard InChI is InChI=1S/C15H17NO4S2/c1-3-20-14(17)13-9-10-8-11(4-5-12(10)21-13)22(18,19)16-15(2)6-7-15/h4-5,8-9,16H,3,6-7H2,1-2H3. The quantitative estimate of drug-likeness (QED) is 0.850. The largest absolute Gasteiger partial charge is 0.462 e. The first-order valence-electron chi connectivity index (χ1n) is 7.08. The molecule has 118 valence electrons. The van der Waals surface area contributed by atoms with E-state index < -0.39 is 10.0 Å². The number of thiophene rings is 1. The minimum Gasteiger partial charge on any atom is -0.462 e. The number of ether oxygens (including phenoxy) is 1. The summed E-state index contributed by atoms with van der Waals surface area (Å²) >= 11 is 1.30. The minimum absolute atomic E-state index is 0.223. The number of fused-ring (bicyclic) bond motifs is 1. The van der Waals surface area contributed by atoms with Crippen molar-refractivity contribution in [3.05, 3.63) is 29.1 Å². The fraction of sp³-hybridized carbons (Fsp3) is 0.400. The number of esters is 1. The lowest BCUT2D eigenvalue weighted by Crippen LogP contribution is -2.34. The zero-order valence-electron chi connectivity index (χ0n) is 12.4. The summed E-state index contributed by atoms with van der Waals surface area (Å²) in [4.78, 5) is 12.5. The van der Waals surface area contributed by atoms with Crippen LogP contribution in [-0.4, -0.2) is 26.5 Å². The van der Waals surface area contributed by atoms with E-state index >= 15 is 0 Å². The molecule has 0 aliphatic heterocycles. The SMILES string of the molecule is CCOC(=O)c1cc2cc(S(=O)(=O)NC3(C)CC3)ccc2s1. The average Bonchev–Trinajstić information content (AvgIpc) is 3.02. The second-order valence-corrected chi connectivity index (χ2v) is 8.46. The molecule has 1 heterocycles. The third kappa shape index (κ3) is 3.02. The van der Waals surface area contributed by atoms with Crippen molar-refractivity contribution in [2.24, 2.45) is 0 Å². The molecule has 1 aromatic heterocycles. The monoisotopic (exact) mass is 339 g/mol. The number of sulfonamides is 1. The van der Waals surface area contributed by atoms with Gasteiger partial charge in [0.05, 0.1) is 11.5 Å². The van der Waals surface area contributed by atoms with Crippen LogP contribution in [-0.2, 0) is 14.8 Å². The van der Waals surface area contributed by atoms with Gasteiger partial charge >= 0.3 is 5.97 Å². The molecular weight excluding hydrogens is 322 g/mol. The molecule has 1 fully saturated rings. The highest BCUT2D eigenvalue weighted by atomic mass is 32.2. The van der Waals surface area contributed by atoms with Crippen molar-refractivity contribution in [3.8, 4) is 0 Å². The highest BCUT2D eigenvalue weighted by Crippen LogP contribution is 2.36. The van der Waals surface area contributed by atoms with Gasteiger partial charge in [0.25, 0.3) is 0 Å². The van der Waals surface area contributed by atoms with Crippen LogP contribution in [0.4, 0.5) is 0 Å². The topological polar surface area (TPSA) is 72.5 Å². The summed E-state index contributed by atoms with van der Waals surface area (Å²) in [5, 5.41) is 0.733. The fourth-order valence-corrected chi connectivity index (χ4v) is 4.60. The van der Waals surface area contributed by atoms with Gasteiger partial charge in [-0.3, -0.25) is 0 Å². The van der Waals surface area contributed by atoms with E-state index in [2.05, 4.69) is 4.72 Å². The number of rotatable bonds is 5. The van der Waals surface area contributed by atoms with Gasteiger partial charge in [-0.1, -0.05) is 0 Å². The molecule has 22 heavy (non-hydrogen) atoms. The summed E-state index contributed by atoms with van der Waals surface area (Å²) in [7, 11) is -3.53. The van der Waals surface area contributed by atoms with Gasteiger partial charge < -0.3 is 4.74 Å². The molecular formula is C15H17NO4S2. The van der Waals surface area contributed by atoms with Crippen molar-refractivity contribution < 1.29 is 17.9 Å². The van der Waals surface area contributed by atoms with E-state index in [4.69, 9.17) is 4.74 Å². The summed E-state index contributed by atoms with van der Waals surface area (Å²) in [6.07, 6.45) is 1.72. The second-order valence-electron chi connectivity index (χ2n) is 5.70. The van der Waals surface area contributed by atoms with Gasteiger partial charge in [-0.15, -0.1) is 11.3 Å². The molecule has 2 aromatic rings. The first kappa shape index (κ1) is 15.5. The van der Waals surface area contributed by atoms with Crippen LogP contribution >= 0.6 is 11.3 Å². The first-order valence-corrected chi connectivity index (χ1v) is 9.38. The summed E-state index contributed by atoms with van der Waals surface area (Å²) < 4.78 is 33.3. The highest BCUT2D eigenvalue weighted by Gasteiger charge is 2.41. The lowest BCUT2D eigenvalue weighted by atomic mass is 10.2. The molecule has 7 heteroatoms. The molecule has 1 aliphatic carbocycles. The third-order valence-electron chi connectivity index (χ3n) is 3.66. The number of hydrogen-bond donors (Lipinski definition) is 1. The van der Waals surface area contributed by atoms with E-state index in [1.165, 1.54) is 11.3 Å². The Kier molecular flexibility index (Phi) is 3.74. The lowest BCUT2D eigenvalue weighted by molar-refractivity contribution is 0.0532. The summed E-state index contributed by atoms with van der Waals surface area (Å²) in [5.41, 5.74) is -0.307. The lowest BCUT2D eigenvalue weighted by Gasteiger charge is -2.12. The molecule has 1 aromatic carbocycles. The summed E-state index contributed by atoms with van der Waals surface area (Å²) in [6, 6.07) is 6.58. The maximum atomic E-state index is 12.4. The van der Waals surface area contributed by atoms with E-state index in [0.717, 1.165) is 22.9 Å². The van der Waals surface area contributed by atoms with Crippen molar-refractivity contribution in [1.82, 2.24) is 4.72 Å². The van der Waals surface area contributed by atoms with Crippen LogP contribution in [0.15, 0.2) is 29.2 Å². The Morgan fingerprint density at radius 3 is 2.73 bits per heavy atom. The van der Waals surface area contributed by atoms with Crippen LogP contribution in [0.2, 0.25) is 0 Å². The number of carbonyl (C=O) groups is 1.